The second kappa shape index (κ2) is 9.62. The smallest absolute Gasteiger partial charge is 0.263 e. The molecule has 178 valence electrons. The number of methoxy groups -OCH3 is 3. The molecule has 1 saturated heterocycles. The summed E-state index contributed by atoms with van der Waals surface area (Å²) in [7, 11) is 4.50. The molecule has 1 aliphatic heterocycles. The van der Waals surface area contributed by atoms with Crippen molar-refractivity contribution in [3.05, 3.63) is 22.6 Å². The van der Waals surface area contributed by atoms with Gasteiger partial charge in [0.2, 0.25) is 5.75 Å². The van der Waals surface area contributed by atoms with Gasteiger partial charge in [-0.25, -0.2) is 4.98 Å². The van der Waals surface area contributed by atoms with Gasteiger partial charge in [0.15, 0.2) is 11.5 Å². The van der Waals surface area contributed by atoms with E-state index in [0.29, 0.717) is 56.6 Å². The number of pyridine rings is 1. The van der Waals surface area contributed by atoms with E-state index in [4.69, 9.17) is 30.4 Å². The van der Waals surface area contributed by atoms with Crippen LogP contribution in [0.5, 0.6) is 17.2 Å². The normalized spacial score (nSPS) is 15.2. The molecule has 1 amide bonds. The molecule has 3 heterocycles. The van der Waals surface area contributed by atoms with Crippen molar-refractivity contribution < 1.29 is 23.7 Å². The second-order valence-corrected chi connectivity index (χ2v) is 8.64. The number of amides is 1. The molecule has 1 aromatic carbocycles. The van der Waals surface area contributed by atoms with E-state index in [-0.39, 0.29) is 29.1 Å². The predicted molar refractivity (Wildman–Crippen MR) is 130 cm³/mol. The summed E-state index contributed by atoms with van der Waals surface area (Å²) in [6.07, 6.45) is 1.87. The SMILES string of the molecule is COc1cc(-c2c(C#N)c(N)nc3sc(C(=O)NCC4CCCO4)c(N)c23)cc(OC)c1OC. The Labute approximate surface area is 200 Å². The summed E-state index contributed by atoms with van der Waals surface area (Å²) in [6.45, 7) is 1.09. The topological polar surface area (TPSA) is 155 Å². The number of nitrogens with one attached hydrogen (secondary N) is 1. The van der Waals surface area contributed by atoms with Crippen LogP contribution >= 0.6 is 11.3 Å². The van der Waals surface area contributed by atoms with Crippen molar-refractivity contribution in [2.75, 3.05) is 45.9 Å². The van der Waals surface area contributed by atoms with Gasteiger partial charge in [0.05, 0.1) is 33.1 Å². The van der Waals surface area contributed by atoms with Crippen molar-refractivity contribution in [2.45, 2.75) is 18.9 Å². The van der Waals surface area contributed by atoms with Crippen LogP contribution < -0.4 is 31.0 Å². The van der Waals surface area contributed by atoms with E-state index in [1.165, 1.54) is 21.3 Å². The van der Waals surface area contributed by atoms with Crippen molar-refractivity contribution >= 4 is 39.0 Å². The predicted octanol–water partition coefficient (Wildman–Crippen LogP) is 2.93. The highest BCUT2D eigenvalue weighted by Gasteiger charge is 2.26. The van der Waals surface area contributed by atoms with Crippen molar-refractivity contribution in [1.29, 1.82) is 5.26 Å². The number of ether oxygens (including phenoxy) is 4. The zero-order valence-corrected chi connectivity index (χ0v) is 19.9. The molecule has 0 aliphatic carbocycles. The van der Waals surface area contributed by atoms with Gasteiger partial charge in [-0.15, -0.1) is 11.3 Å². The summed E-state index contributed by atoms with van der Waals surface area (Å²) in [5, 5.41) is 13.2. The summed E-state index contributed by atoms with van der Waals surface area (Å²) >= 11 is 1.12. The van der Waals surface area contributed by atoms with Crippen molar-refractivity contribution in [3.8, 4) is 34.4 Å². The third kappa shape index (κ3) is 4.02. The average molecular weight is 484 g/mol. The standard InChI is InChI=1S/C23H25N5O5S/c1-30-14-7-11(8-15(31-2)19(14)32-3)16-13(9-24)21(26)28-23-17(16)18(25)20(34-23)22(29)27-10-12-5-4-6-33-12/h7-8,12H,4-6,10,25H2,1-3H3,(H2,26,28)(H,27,29). The zero-order chi connectivity index (χ0) is 24.4. The van der Waals surface area contributed by atoms with E-state index in [1.54, 1.807) is 12.1 Å². The number of hydrogen-bond acceptors (Lipinski definition) is 10. The van der Waals surface area contributed by atoms with E-state index in [1.807, 2.05) is 0 Å². The first-order valence-corrected chi connectivity index (χ1v) is 11.4. The molecule has 10 nitrogen and oxygen atoms in total. The number of rotatable bonds is 7. The maximum absolute atomic E-state index is 12.9. The minimum Gasteiger partial charge on any atom is -0.493 e. The van der Waals surface area contributed by atoms with E-state index in [9.17, 15) is 10.1 Å². The zero-order valence-electron chi connectivity index (χ0n) is 19.1. The third-order valence-electron chi connectivity index (χ3n) is 5.69. The van der Waals surface area contributed by atoms with E-state index >= 15 is 0 Å². The third-order valence-corrected chi connectivity index (χ3v) is 6.79. The Morgan fingerprint density at radius 3 is 2.53 bits per heavy atom. The number of hydrogen-bond donors (Lipinski definition) is 3. The number of benzene rings is 1. The largest absolute Gasteiger partial charge is 0.493 e. The highest BCUT2D eigenvalue weighted by Crippen LogP contribution is 2.47. The Morgan fingerprint density at radius 1 is 1.26 bits per heavy atom. The summed E-state index contributed by atoms with van der Waals surface area (Å²) in [4.78, 5) is 18.0. The average Bonchev–Trinajstić information content (AvgIpc) is 3.48. The molecule has 0 saturated carbocycles. The van der Waals surface area contributed by atoms with Crippen LogP contribution in [0.25, 0.3) is 21.3 Å². The van der Waals surface area contributed by atoms with Crippen LogP contribution in [-0.4, -0.2) is 51.5 Å². The molecule has 5 N–H and O–H groups in total. The van der Waals surface area contributed by atoms with Gasteiger partial charge in [0, 0.05) is 24.1 Å². The molecule has 3 aromatic rings. The van der Waals surface area contributed by atoms with Gasteiger partial charge in [-0.2, -0.15) is 5.26 Å². The Bertz CT molecular complexity index is 1270. The number of carbonyl (C=O) groups excluding carboxylic acids is 1. The molecule has 1 atom stereocenters. The molecule has 34 heavy (non-hydrogen) atoms. The summed E-state index contributed by atoms with van der Waals surface area (Å²) < 4.78 is 21.9. The quantitative estimate of drug-likeness (QED) is 0.460. The fraction of sp³-hybridized carbons (Fsp3) is 0.348. The van der Waals surface area contributed by atoms with Crippen molar-refractivity contribution in [2.24, 2.45) is 0 Å². The van der Waals surface area contributed by atoms with Crippen LogP contribution in [0.1, 0.15) is 28.1 Å². The van der Waals surface area contributed by atoms with Gasteiger partial charge >= 0.3 is 0 Å². The van der Waals surface area contributed by atoms with Gasteiger partial charge < -0.3 is 35.7 Å². The number of nitrogen functional groups attached to an aromatic ring is 2. The first-order valence-electron chi connectivity index (χ1n) is 10.5. The van der Waals surface area contributed by atoms with Gasteiger partial charge in [-0.1, -0.05) is 0 Å². The summed E-state index contributed by atoms with van der Waals surface area (Å²) in [5.41, 5.74) is 14.0. The van der Waals surface area contributed by atoms with Gasteiger partial charge in [-0.3, -0.25) is 4.79 Å². The number of nitrogens with two attached hydrogens (primary N) is 2. The second-order valence-electron chi connectivity index (χ2n) is 7.64. The number of thiophene rings is 1. The van der Waals surface area contributed by atoms with Crippen LogP contribution in [0.3, 0.4) is 0 Å². The van der Waals surface area contributed by atoms with Crippen LogP contribution in [-0.2, 0) is 4.74 Å². The number of anilines is 2. The van der Waals surface area contributed by atoms with Crippen molar-refractivity contribution in [1.82, 2.24) is 10.3 Å². The minimum atomic E-state index is -0.330. The number of nitriles is 1. The molecule has 2 aromatic heterocycles. The molecule has 11 heteroatoms. The van der Waals surface area contributed by atoms with Crippen LogP contribution in [0.15, 0.2) is 12.1 Å². The molecular weight excluding hydrogens is 458 g/mol. The molecule has 4 rings (SSSR count). The number of fused-ring (bicyclic) bond motifs is 1. The van der Waals surface area contributed by atoms with E-state index in [0.717, 1.165) is 24.2 Å². The molecule has 0 spiro atoms. The fourth-order valence-electron chi connectivity index (χ4n) is 4.06. The first kappa shape index (κ1) is 23.4. The van der Waals surface area contributed by atoms with E-state index < -0.39 is 0 Å². The Balaban J connectivity index is 1.88. The molecular formula is C23H25N5O5S. The summed E-state index contributed by atoms with van der Waals surface area (Å²) in [6, 6.07) is 5.52. The lowest BCUT2D eigenvalue weighted by Gasteiger charge is -2.16. The summed E-state index contributed by atoms with van der Waals surface area (Å²) in [5.74, 6) is 0.897. The molecule has 1 unspecified atom stereocenters. The van der Waals surface area contributed by atoms with Crippen LogP contribution in [0, 0.1) is 11.3 Å². The monoisotopic (exact) mass is 483 g/mol. The highest BCUT2D eigenvalue weighted by atomic mass is 32.1. The molecule has 0 radical (unpaired) electrons. The number of nitrogens with zero attached hydrogens (tertiary/aromatic N) is 2. The number of carbonyl (C=O) groups is 1. The maximum Gasteiger partial charge on any atom is 0.263 e. The Hall–Kier alpha value is -3.75. The van der Waals surface area contributed by atoms with E-state index in [2.05, 4.69) is 16.4 Å². The highest BCUT2D eigenvalue weighted by molar-refractivity contribution is 7.21. The first-order chi connectivity index (χ1) is 16.4. The minimum absolute atomic E-state index is 0.00620. The number of aromatic nitrogens is 1. The molecule has 1 fully saturated rings. The van der Waals surface area contributed by atoms with Crippen LogP contribution in [0.2, 0.25) is 0 Å². The maximum atomic E-state index is 12.9. The van der Waals surface area contributed by atoms with Crippen LogP contribution in [0.4, 0.5) is 11.5 Å². The van der Waals surface area contributed by atoms with Gasteiger partial charge in [-0.05, 0) is 30.5 Å². The lowest BCUT2D eigenvalue weighted by molar-refractivity contribution is 0.0862. The lowest BCUT2D eigenvalue weighted by atomic mass is 9.96. The Morgan fingerprint density at radius 2 is 1.97 bits per heavy atom. The molecule has 1 aliphatic rings. The van der Waals surface area contributed by atoms with Gasteiger partial charge in [0.25, 0.3) is 5.91 Å². The fourth-order valence-corrected chi connectivity index (χ4v) is 5.09. The molecule has 0 bridgehead atoms. The van der Waals surface area contributed by atoms with Gasteiger partial charge in [0.1, 0.15) is 27.2 Å². The van der Waals surface area contributed by atoms with Crippen molar-refractivity contribution in [3.63, 3.8) is 0 Å². The Kier molecular flexibility index (Phi) is 6.63. The lowest BCUT2D eigenvalue weighted by Crippen LogP contribution is -2.31.